The van der Waals surface area contributed by atoms with Crippen LogP contribution in [0.5, 0.6) is 0 Å². The Bertz CT molecular complexity index is 552. The second kappa shape index (κ2) is 3.34. The SMILES string of the molecule is Cn1cc(Br)c2cccc(C3(CN)CC3)c21. The molecule has 1 fully saturated rings. The van der Waals surface area contributed by atoms with Crippen molar-refractivity contribution in [2.24, 2.45) is 12.8 Å². The van der Waals surface area contributed by atoms with E-state index < -0.39 is 0 Å². The first-order chi connectivity index (χ1) is 7.68. The summed E-state index contributed by atoms with van der Waals surface area (Å²) in [7, 11) is 2.10. The van der Waals surface area contributed by atoms with Gasteiger partial charge in [0.15, 0.2) is 0 Å². The van der Waals surface area contributed by atoms with Gasteiger partial charge in [-0.15, -0.1) is 0 Å². The van der Waals surface area contributed by atoms with Gasteiger partial charge in [0, 0.05) is 35.1 Å². The highest BCUT2D eigenvalue weighted by atomic mass is 79.9. The van der Waals surface area contributed by atoms with Crippen molar-refractivity contribution in [1.82, 2.24) is 4.57 Å². The maximum Gasteiger partial charge on any atom is 0.0528 e. The molecule has 1 aromatic heterocycles. The molecular formula is C13H15BrN2. The average molecular weight is 279 g/mol. The van der Waals surface area contributed by atoms with Crippen LogP contribution in [-0.2, 0) is 12.5 Å². The van der Waals surface area contributed by atoms with E-state index in [9.17, 15) is 0 Å². The molecule has 0 radical (unpaired) electrons. The Morgan fingerprint density at radius 1 is 1.44 bits per heavy atom. The van der Waals surface area contributed by atoms with E-state index in [4.69, 9.17) is 5.73 Å². The molecule has 0 amide bonds. The van der Waals surface area contributed by atoms with Gasteiger partial charge in [0.2, 0.25) is 0 Å². The van der Waals surface area contributed by atoms with Crippen molar-refractivity contribution in [2.75, 3.05) is 6.54 Å². The Kier molecular flexibility index (Phi) is 2.17. The fourth-order valence-corrected chi connectivity index (χ4v) is 3.21. The minimum absolute atomic E-state index is 0.255. The molecule has 2 nitrogen and oxygen atoms in total. The molecule has 0 saturated heterocycles. The molecule has 3 rings (SSSR count). The average Bonchev–Trinajstić information content (AvgIpc) is 3.03. The summed E-state index contributed by atoms with van der Waals surface area (Å²) in [5, 5.41) is 1.29. The molecular weight excluding hydrogens is 264 g/mol. The zero-order valence-electron chi connectivity index (χ0n) is 9.33. The number of hydrogen-bond acceptors (Lipinski definition) is 1. The molecule has 0 unspecified atom stereocenters. The van der Waals surface area contributed by atoms with Crippen LogP contribution in [0.3, 0.4) is 0 Å². The Morgan fingerprint density at radius 2 is 2.19 bits per heavy atom. The molecule has 0 spiro atoms. The third-order valence-corrected chi connectivity index (χ3v) is 4.40. The number of aryl methyl sites for hydroxylation is 1. The van der Waals surface area contributed by atoms with Crippen LogP contribution in [0, 0.1) is 0 Å². The third kappa shape index (κ3) is 1.28. The molecule has 1 aliphatic carbocycles. The van der Waals surface area contributed by atoms with Gasteiger partial charge in [0.25, 0.3) is 0 Å². The maximum absolute atomic E-state index is 5.93. The highest BCUT2D eigenvalue weighted by molar-refractivity contribution is 9.10. The predicted molar refractivity (Wildman–Crippen MR) is 70.6 cm³/mol. The highest BCUT2D eigenvalue weighted by Crippen LogP contribution is 2.49. The summed E-state index contributed by atoms with van der Waals surface area (Å²) in [5.41, 5.74) is 8.93. The molecule has 1 saturated carbocycles. The third-order valence-electron chi connectivity index (χ3n) is 3.77. The number of rotatable bonds is 2. The summed E-state index contributed by atoms with van der Waals surface area (Å²) in [6, 6.07) is 6.53. The van der Waals surface area contributed by atoms with Gasteiger partial charge in [-0.3, -0.25) is 0 Å². The van der Waals surface area contributed by atoms with E-state index in [2.05, 4.69) is 51.9 Å². The molecule has 2 N–H and O–H groups in total. The Morgan fingerprint density at radius 3 is 2.81 bits per heavy atom. The van der Waals surface area contributed by atoms with Crippen molar-refractivity contribution in [1.29, 1.82) is 0 Å². The Hall–Kier alpha value is -0.800. The van der Waals surface area contributed by atoms with Crippen molar-refractivity contribution >= 4 is 26.8 Å². The molecule has 2 aromatic rings. The van der Waals surface area contributed by atoms with E-state index in [1.807, 2.05) is 0 Å². The number of hydrogen-bond donors (Lipinski definition) is 1. The van der Waals surface area contributed by atoms with Crippen LogP contribution < -0.4 is 5.73 Å². The standard InChI is InChI=1S/C13H15BrN2/c1-16-7-11(14)9-3-2-4-10(12(9)16)13(8-15)5-6-13/h2-4,7H,5-6,8,15H2,1H3. The van der Waals surface area contributed by atoms with Crippen LogP contribution in [-0.4, -0.2) is 11.1 Å². The molecule has 0 bridgehead atoms. The monoisotopic (exact) mass is 278 g/mol. The number of nitrogens with zero attached hydrogens (tertiary/aromatic N) is 1. The molecule has 16 heavy (non-hydrogen) atoms. The van der Waals surface area contributed by atoms with Crippen molar-refractivity contribution in [3.05, 3.63) is 34.4 Å². The first-order valence-electron chi connectivity index (χ1n) is 5.62. The minimum Gasteiger partial charge on any atom is -0.349 e. The number of aromatic nitrogens is 1. The van der Waals surface area contributed by atoms with E-state index in [1.165, 1.54) is 33.8 Å². The van der Waals surface area contributed by atoms with Crippen molar-refractivity contribution in [2.45, 2.75) is 18.3 Å². The lowest BCUT2D eigenvalue weighted by Crippen LogP contribution is -2.20. The molecule has 1 aliphatic rings. The van der Waals surface area contributed by atoms with Gasteiger partial charge in [-0.05, 0) is 34.3 Å². The summed E-state index contributed by atoms with van der Waals surface area (Å²) in [6.45, 7) is 0.759. The number of nitrogens with two attached hydrogens (primary N) is 1. The maximum atomic E-state index is 5.93. The van der Waals surface area contributed by atoms with Crippen LogP contribution in [0.4, 0.5) is 0 Å². The summed E-state index contributed by atoms with van der Waals surface area (Å²) >= 11 is 3.61. The molecule has 0 atom stereocenters. The van der Waals surface area contributed by atoms with Gasteiger partial charge in [-0.2, -0.15) is 0 Å². The summed E-state index contributed by atoms with van der Waals surface area (Å²) in [6.07, 6.45) is 4.58. The second-order valence-electron chi connectivity index (χ2n) is 4.77. The fraction of sp³-hybridized carbons (Fsp3) is 0.385. The number of benzene rings is 1. The normalized spacial score (nSPS) is 17.9. The summed E-state index contributed by atoms with van der Waals surface area (Å²) < 4.78 is 3.37. The van der Waals surface area contributed by atoms with E-state index >= 15 is 0 Å². The van der Waals surface area contributed by atoms with Crippen LogP contribution >= 0.6 is 15.9 Å². The predicted octanol–water partition coefficient (Wildman–Crippen LogP) is 2.93. The fourth-order valence-electron chi connectivity index (χ4n) is 2.58. The molecule has 1 aromatic carbocycles. The summed E-state index contributed by atoms with van der Waals surface area (Å²) in [4.78, 5) is 0. The number of fused-ring (bicyclic) bond motifs is 1. The zero-order chi connectivity index (χ0) is 11.3. The lowest BCUT2D eigenvalue weighted by molar-refractivity contribution is 0.706. The Labute approximate surface area is 104 Å². The topological polar surface area (TPSA) is 30.9 Å². The lowest BCUT2D eigenvalue weighted by Gasteiger charge is -2.15. The van der Waals surface area contributed by atoms with Crippen molar-refractivity contribution < 1.29 is 0 Å². The molecule has 3 heteroatoms. The molecule has 1 heterocycles. The van der Waals surface area contributed by atoms with Gasteiger partial charge >= 0.3 is 0 Å². The van der Waals surface area contributed by atoms with Gasteiger partial charge < -0.3 is 10.3 Å². The Balaban J connectivity index is 2.33. The smallest absolute Gasteiger partial charge is 0.0528 e. The van der Waals surface area contributed by atoms with Gasteiger partial charge in [0.1, 0.15) is 0 Å². The van der Waals surface area contributed by atoms with E-state index in [1.54, 1.807) is 0 Å². The van der Waals surface area contributed by atoms with E-state index in [0.717, 1.165) is 6.54 Å². The van der Waals surface area contributed by atoms with Crippen LogP contribution in [0.1, 0.15) is 18.4 Å². The second-order valence-corrected chi connectivity index (χ2v) is 5.63. The first kappa shape index (κ1) is 10.4. The largest absolute Gasteiger partial charge is 0.349 e. The van der Waals surface area contributed by atoms with Crippen molar-refractivity contribution in [3.8, 4) is 0 Å². The molecule has 0 aliphatic heterocycles. The van der Waals surface area contributed by atoms with Crippen LogP contribution in [0.15, 0.2) is 28.9 Å². The van der Waals surface area contributed by atoms with Crippen LogP contribution in [0.25, 0.3) is 10.9 Å². The minimum atomic E-state index is 0.255. The highest BCUT2D eigenvalue weighted by Gasteiger charge is 2.44. The first-order valence-corrected chi connectivity index (χ1v) is 6.41. The van der Waals surface area contributed by atoms with E-state index in [0.29, 0.717) is 0 Å². The van der Waals surface area contributed by atoms with Crippen LogP contribution in [0.2, 0.25) is 0 Å². The quantitative estimate of drug-likeness (QED) is 0.900. The van der Waals surface area contributed by atoms with Gasteiger partial charge in [-0.1, -0.05) is 18.2 Å². The van der Waals surface area contributed by atoms with Crippen molar-refractivity contribution in [3.63, 3.8) is 0 Å². The van der Waals surface area contributed by atoms with E-state index in [-0.39, 0.29) is 5.41 Å². The molecule has 84 valence electrons. The zero-order valence-corrected chi connectivity index (χ0v) is 10.9. The summed E-state index contributed by atoms with van der Waals surface area (Å²) in [5.74, 6) is 0. The lowest BCUT2D eigenvalue weighted by atomic mass is 9.94. The van der Waals surface area contributed by atoms with Gasteiger partial charge in [0.05, 0.1) is 5.52 Å². The number of para-hydroxylation sites is 1. The number of halogens is 1. The van der Waals surface area contributed by atoms with Gasteiger partial charge in [-0.25, -0.2) is 0 Å².